The van der Waals surface area contributed by atoms with Gasteiger partial charge in [-0.25, -0.2) is 0 Å². The summed E-state index contributed by atoms with van der Waals surface area (Å²) in [7, 11) is 1.53. The molecule has 5 rings (SSSR count). The van der Waals surface area contributed by atoms with Crippen LogP contribution in [-0.4, -0.2) is 52.5 Å². The minimum Gasteiger partial charge on any atom is -0.497 e. The third kappa shape index (κ3) is 4.30. The van der Waals surface area contributed by atoms with Crippen LogP contribution in [0.25, 0.3) is 17.0 Å². The topological polar surface area (TPSA) is 83.9 Å². The lowest BCUT2D eigenvalue weighted by atomic mass is 10.1. The highest BCUT2D eigenvalue weighted by Gasteiger charge is 2.35. The summed E-state index contributed by atoms with van der Waals surface area (Å²) in [5.41, 5.74) is 1.97. The number of anilines is 1. The second-order valence-corrected chi connectivity index (χ2v) is 8.86. The van der Waals surface area contributed by atoms with E-state index in [9.17, 15) is 14.4 Å². The standard InChI is InChI=1S/C26H24N4O4S/c1-34-19-8-6-7-18(14-19)30-25(33)21(24(32)27-26(30)35)13-17-15-29(22-10-3-2-9-20(17)22)16-23(31)28-11-4-5-12-28/h2-3,6-10,13-15H,4-5,11-12,16H2,1H3,(H,27,32,35). The third-order valence-electron chi connectivity index (χ3n) is 6.30. The van der Waals surface area contributed by atoms with Gasteiger partial charge in [0.05, 0.1) is 12.8 Å². The number of para-hydroxylation sites is 1. The van der Waals surface area contributed by atoms with Crippen LogP contribution in [0.5, 0.6) is 5.75 Å². The summed E-state index contributed by atoms with van der Waals surface area (Å²) in [6.45, 7) is 1.76. The predicted molar refractivity (Wildman–Crippen MR) is 137 cm³/mol. The number of hydrogen-bond acceptors (Lipinski definition) is 5. The minimum atomic E-state index is -0.566. The normalized spacial score (nSPS) is 17.4. The van der Waals surface area contributed by atoms with Gasteiger partial charge in [-0.2, -0.15) is 0 Å². The van der Waals surface area contributed by atoms with Gasteiger partial charge in [0.15, 0.2) is 5.11 Å². The number of benzene rings is 2. The molecule has 2 saturated heterocycles. The zero-order valence-electron chi connectivity index (χ0n) is 19.2. The highest BCUT2D eigenvalue weighted by atomic mass is 32.1. The summed E-state index contributed by atoms with van der Waals surface area (Å²) in [4.78, 5) is 42.2. The Morgan fingerprint density at radius 2 is 1.89 bits per heavy atom. The molecule has 0 spiro atoms. The first-order chi connectivity index (χ1) is 17.0. The molecule has 0 radical (unpaired) electrons. The molecule has 3 heterocycles. The van der Waals surface area contributed by atoms with Crippen molar-refractivity contribution in [3.05, 3.63) is 65.9 Å². The van der Waals surface area contributed by atoms with Gasteiger partial charge in [-0.15, -0.1) is 0 Å². The lowest BCUT2D eigenvalue weighted by Gasteiger charge is -2.29. The maximum atomic E-state index is 13.4. The number of nitrogens with one attached hydrogen (secondary N) is 1. The van der Waals surface area contributed by atoms with Crippen LogP contribution in [0.15, 0.2) is 60.3 Å². The molecule has 2 fully saturated rings. The molecule has 0 bridgehead atoms. The van der Waals surface area contributed by atoms with E-state index in [0.29, 0.717) is 17.0 Å². The number of fused-ring (bicyclic) bond motifs is 1. The van der Waals surface area contributed by atoms with Crippen LogP contribution in [0, 0.1) is 0 Å². The van der Waals surface area contributed by atoms with Crippen molar-refractivity contribution >= 4 is 57.7 Å². The number of nitrogens with zero attached hydrogens (tertiary/aromatic N) is 3. The van der Waals surface area contributed by atoms with Crippen molar-refractivity contribution in [1.29, 1.82) is 0 Å². The highest BCUT2D eigenvalue weighted by molar-refractivity contribution is 7.80. The summed E-state index contributed by atoms with van der Waals surface area (Å²) in [6, 6.07) is 14.5. The molecule has 2 aromatic carbocycles. The fourth-order valence-electron chi connectivity index (χ4n) is 4.53. The van der Waals surface area contributed by atoms with E-state index in [4.69, 9.17) is 17.0 Å². The van der Waals surface area contributed by atoms with Crippen molar-refractivity contribution in [2.75, 3.05) is 25.1 Å². The van der Waals surface area contributed by atoms with Gasteiger partial charge in [0.2, 0.25) is 5.91 Å². The van der Waals surface area contributed by atoms with Gasteiger partial charge >= 0.3 is 0 Å². The summed E-state index contributed by atoms with van der Waals surface area (Å²) in [5.74, 6) is -0.476. The van der Waals surface area contributed by atoms with Gasteiger partial charge in [0, 0.05) is 41.8 Å². The zero-order chi connectivity index (χ0) is 24.5. The Hall–Kier alpha value is -3.98. The first-order valence-corrected chi connectivity index (χ1v) is 11.8. The second kappa shape index (κ2) is 9.34. The van der Waals surface area contributed by atoms with Crippen molar-refractivity contribution in [3.63, 3.8) is 0 Å². The molecule has 8 nitrogen and oxygen atoms in total. The molecule has 2 aliphatic heterocycles. The smallest absolute Gasteiger partial charge is 0.270 e. The number of carbonyl (C=O) groups excluding carboxylic acids is 3. The van der Waals surface area contributed by atoms with E-state index >= 15 is 0 Å². The van der Waals surface area contributed by atoms with Gasteiger partial charge in [0.1, 0.15) is 17.9 Å². The fourth-order valence-corrected chi connectivity index (χ4v) is 4.81. The number of amides is 3. The maximum Gasteiger partial charge on any atom is 0.270 e. The van der Waals surface area contributed by atoms with Crippen LogP contribution in [0.4, 0.5) is 5.69 Å². The van der Waals surface area contributed by atoms with E-state index in [1.54, 1.807) is 30.3 Å². The first-order valence-electron chi connectivity index (χ1n) is 11.4. The van der Waals surface area contributed by atoms with Gasteiger partial charge in [-0.05, 0) is 49.3 Å². The van der Waals surface area contributed by atoms with Crippen LogP contribution < -0.4 is 15.0 Å². The summed E-state index contributed by atoms with van der Waals surface area (Å²) in [6.07, 6.45) is 5.43. The number of carbonyl (C=O) groups is 3. The molecule has 0 unspecified atom stereocenters. The van der Waals surface area contributed by atoms with Gasteiger partial charge < -0.3 is 14.2 Å². The van der Waals surface area contributed by atoms with E-state index in [1.165, 1.54) is 12.0 Å². The van der Waals surface area contributed by atoms with E-state index < -0.39 is 11.8 Å². The molecule has 1 N–H and O–H groups in total. The van der Waals surface area contributed by atoms with Crippen LogP contribution >= 0.6 is 12.2 Å². The van der Waals surface area contributed by atoms with Crippen molar-refractivity contribution in [1.82, 2.24) is 14.8 Å². The summed E-state index contributed by atoms with van der Waals surface area (Å²) < 4.78 is 7.14. The fraction of sp³-hybridized carbons (Fsp3) is 0.231. The number of methoxy groups -OCH3 is 1. The van der Waals surface area contributed by atoms with Crippen molar-refractivity contribution in [3.8, 4) is 5.75 Å². The van der Waals surface area contributed by atoms with Gasteiger partial charge in [-0.3, -0.25) is 24.6 Å². The average Bonchev–Trinajstić information content (AvgIpc) is 3.51. The molecule has 178 valence electrons. The summed E-state index contributed by atoms with van der Waals surface area (Å²) in [5, 5.41) is 3.46. The molecular weight excluding hydrogens is 464 g/mol. The second-order valence-electron chi connectivity index (χ2n) is 8.48. The molecule has 0 aliphatic carbocycles. The number of rotatable bonds is 5. The Bertz CT molecular complexity index is 1390. The monoisotopic (exact) mass is 488 g/mol. The number of likely N-dealkylation sites (tertiary alicyclic amines) is 1. The van der Waals surface area contributed by atoms with Crippen LogP contribution in [0.2, 0.25) is 0 Å². The number of thiocarbonyl (C=S) groups is 1. The molecule has 2 aliphatic rings. The Morgan fingerprint density at radius 1 is 1.11 bits per heavy atom. The lowest BCUT2D eigenvalue weighted by Crippen LogP contribution is -2.54. The molecule has 0 atom stereocenters. The SMILES string of the molecule is COc1cccc(N2C(=O)C(=Cc3cn(CC(=O)N4CCCC4)c4ccccc34)C(=O)NC2=S)c1. The minimum absolute atomic E-state index is 0.00374. The zero-order valence-corrected chi connectivity index (χ0v) is 20.0. The first kappa shape index (κ1) is 22.8. The Balaban J connectivity index is 1.52. The Morgan fingerprint density at radius 3 is 2.66 bits per heavy atom. The van der Waals surface area contributed by atoms with E-state index in [0.717, 1.165) is 36.8 Å². The predicted octanol–water partition coefficient (Wildman–Crippen LogP) is 3.10. The van der Waals surface area contributed by atoms with E-state index in [2.05, 4.69) is 5.32 Å². The molecule has 9 heteroatoms. The van der Waals surface area contributed by atoms with Crippen molar-refractivity contribution < 1.29 is 19.1 Å². The van der Waals surface area contributed by atoms with Crippen molar-refractivity contribution in [2.45, 2.75) is 19.4 Å². The molecule has 3 aromatic rings. The van der Waals surface area contributed by atoms with E-state index in [1.807, 2.05) is 39.9 Å². The van der Waals surface area contributed by atoms with Crippen LogP contribution in [0.3, 0.4) is 0 Å². The van der Waals surface area contributed by atoms with Gasteiger partial charge in [0.25, 0.3) is 11.8 Å². The number of hydrogen-bond donors (Lipinski definition) is 1. The molecule has 3 amide bonds. The largest absolute Gasteiger partial charge is 0.497 e. The number of ether oxygens (including phenoxy) is 1. The quantitative estimate of drug-likeness (QED) is 0.339. The molecule has 35 heavy (non-hydrogen) atoms. The lowest BCUT2D eigenvalue weighted by molar-refractivity contribution is -0.130. The van der Waals surface area contributed by atoms with Crippen molar-refractivity contribution in [2.24, 2.45) is 0 Å². The maximum absolute atomic E-state index is 13.4. The third-order valence-corrected chi connectivity index (χ3v) is 6.58. The number of aromatic nitrogens is 1. The molecule has 0 saturated carbocycles. The Kier molecular flexibility index (Phi) is 6.08. The van der Waals surface area contributed by atoms with E-state index in [-0.39, 0.29) is 23.1 Å². The van der Waals surface area contributed by atoms with Gasteiger partial charge in [-0.1, -0.05) is 24.3 Å². The highest BCUT2D eigenvalue weighted by Crippen LogP contribution is 2.28. The Labute approximate surface area is 207 Å². The average molecular weight is 489 g/mol. The molecular formula is C26H24N4O4S. The molecule has 1 aromatic heterocycles. The summed E-state index contributed by atoms with van der Waals surface area (Å²) >= 11 is 5.30. The van der Waals surface area contributed by atoms with Crippen LogP contribution in [-0.2, 0) is 20.9 Å². The van der Waals surface area contributed by atoms with Crippen LogP contribution in [0.1, 0.15) is 18.4 Å².